The molecule has 5 unspecified atom stereocenters. The van der Waals surface area contributed by atoms with Crippen LogP contribution >= 0.6 is 0 Å². The molecule has 0 aliphatic heterocycles. The van der Waals surface area contributed by atoms with Gasteiger partial charge in [0.05, 0.1) is 18.2 Å². The number of alkyl carbamates (subject to hydrolysis) is 1. The van der Waals surface area contributed by atoms with Crippen molar-refractivity contribution in [3.8, 4) is 0 Å². The van der Waals surface area contributed by atoms with Crippen molar-refractivity contribution in [2.75, 3.05) is 6.61 Å². The molecule has 22 heavy (non-hydrogen) atoms. The van der Waals surface area contributed by atoms with E-state index in [1.54, 1.807) is 0 Å². The fourth-order valence-electron chi connectivity index (χ4n) is 3.45. The van der Waals surface area contributed by atoms with Crippen LogP contribution in [-0.4, -0.2) is 42.5 Å². The number of hydrogen-bond donors (Lipinski definition) is 2. The Morgan fingerprint density at radius 3 is 2.50 bits per heavy atom. The topological polar surface area (TPSA) is 59.6 Å². The molecule has 5 atom stereocenters. The van der Waals surface area contributed by atoms with Crippen molar-refractivity contribution in [2.24, 2.45) is 5.92 Å². The first kappa shape index (κ1) is 17.5. The zero-order valence-electron chi connectivity index (χ0n) is 14.6. The molecule has 2 aliphatic rings. The van der Waals surface area contributed by atoms with Crippen LogP contribution < -0.4 is 10.6 Å². The Kier molecular flexibility index (Phi) is 5.72. The molecule has 0 aromatic heterocycles. The average molecular weight is 312 g/mol. The highest BCUT2D eigenvalue weighted by atomic mass is 16.6. The second-order valence-corrected chi connectivity index (χ2v) is 7.79. The van der Waals surface area contributed by atoms with E-state index in [-0.39, 0.29) is 24.3 Å². The van der Waals surface area contributed by atoms with Gasteiger partial charge in [0.15, 0.2) is 0 Å². The van der Waals surface area contributed by atoms with Gasteiger partial charge in [0.1, 0.15) is 5.60 Å². The van der Waals surface area contributed by atoms with Gasteiger partial charge in [-0.1, -0.05) is 6.92 Å². The minimum atomic E-state index is -0.461. The summed E-state index contributed by atoms with van der Waals surface area (Å²) in [6.07, 6.45) is 4.44. The zero-order chi connectivity index (χ0) is 16.3. The fourth-order valence-corrected chi connectivity index (χ4v) is 3.45. The smallest absolute Gasteiger partial charge is 0.407 e. The summed E-state index contributed by atoms with van der Waals surface area (Å²) in [5.41, 5.74) is -0.461. The molecule has 0 saturated heterocycles. The van der Waals surface area contributed by atoms with Crippen molar-refractivity contribution in [1.82, 2.24) is 10.6 Å². The fraction of sp³-hybridized carbons (Fsp3) is 0.941. The van der Waals surface area contributed by atoms with Crippen molar-refractivity contribution in [3.05, 3.63) is 0 Å². The Balaban J connectivity index is 1.85. The van der Waals surface area contributed by atoms with Gasteiger partial charge >= 0.3 is 6.09 Å². The number of carbonyl (C=O) groups excluding carboxylic acids is 1. The molecule has 0 aromatic carbocycles. The van der Waals surface area contributed by atoms with E-state index in [0.717, 1.165) is 12.3 Å². The third-order valence-corrected chi connectivity index (χ3v) is 4.53. The molecule has 5 nitrogen and oxygen atoms in total. The van der Waals surface area contributed by atoms with Crippen LogP contribution in [0, 0.1) is 5.92 Å². The molecule has 0 radical (unpaired) electrons. The van der Waals surface area contributed by atoms with Crippen LogP contribution in [0.25, 0.3) is 0 Å². The molecule has 0 bridgehead atoms. The van der Waals surface area contributed by atoms with Gasteiger partial charge in [0, 0.05) is 12.6 Å². The maximum Gasteiger partial charge on any atom is 0.407 e. The summed E-state index contributed by atoms with van der Waals surface area (Å²) in [7, 11) is 0. The number of rotatable bonds is 5. The Labute approximate surface area is 134 Å². The Hall–Kier alpha value is -0.810. The monoisotopic (exact) mass is 312 g/mol. The van der Waals surface area contributed by atoms with E-state index in [1.165, 1.54) is 19.3 Å². The Morgan fingerprint density at radius 2 is 1.95 bits per heavy atom. The lowest BCUT2D eigenvalue weighted by Gasteiger charge is -2.46. The zero-order valence-corrected chi connectivity index (χ0v) is 14.6. The highest BCUT2D eigenvalue weighted by Crippen LogP contribution is 2.30. The summed E-state index contributed by atoms with van der Waals surface area (Å²) in [4.78, 5) is 12.0. The van der Waals surface area contributed by atoms with Crippen LogP contribution in [0.4, 0.5) is 4.79 Å². The van der Waals surface area contributed by atoms with Gasteiger partial charge < -0.3 is 20.1 Å². The lowest BCUT2D eigenvalue weighted by molar-refractivity contribution is -0.0465. The lowest BCUT2D eigenvalue weighted by atomic mass is 9.82. The minimum Gasteiger partial charge on any atom is -0.444 e. The summed E-state index contributed by atoms with van der Waals surface area (Å²) >= 11 is 0. The third-order valence-electron chi connectivity index (χ3n) is 4.53. The number of ether oxygens (including phenoxy) is 2. The van der Waals surface area contributed by atoms with Crippen molar-refractivity contribution in [2.45, 2.75) is 90.1 Å². The van der Waals surface area contributed by atoms with E-state index in [4.69, 9.17) is 9.47 Å². The number of amides is 1. The number of nitrogens with one attached hydrogen (secondary N) is 2. The van der Waals surface area contributed by atoms with Gasteiger partial charge in [-0.05, 0) is 59.3 Å². The molecule has 0 spiro atoms. The molecule has 2 rings (SSSR count). The van der Waals surface area contributed by atoms with Crippen LogP contribution in [0.15, 0.2) is 0 Å². The van der Waals surface area contributed by atoms with Gasteiger partial charge in [-0.3, -0.25) is 0 Å². The molecule has 2 saturated carbocycles. The number of hydrogen-bond acceptors (Lipinski definition) is 4. The van der Waals surface area contributed by atoms with Gasteiger partial charge in [0.25, 0.3) is 0 Å². The minimum absolute atomic E-state index is 0.0994. The first-order chi connectivity index (χ1) is 10.3. The molecule has 5 heteroatoms. The van der Waals surface area contributed by atoms with Gasteiger partial charge in [0.2, 0.25) is 0 Å². The van der Waals surface area contributed by atoms with Crippen molar-refractivity contribution in [1.29, 1.82) is 0 Å². The molecular formula is C17H32N2O3. The predicted octanol–water partition coefficient (Wildman–Crippen LogP) is 2.84. The Morgan fingerprint density at radius 1 is 1.23 bits per heavy atom. The molecule has 0 heterocycles. The van der Waals surface area contributed by atoms with E-state index in [1.807, 2.05) is 27.7 Å². The van der Waals surface area contributed by atoms with E-state index in [2.05, 4.69) is 17.6 Å². The summed E-state index contributed by atoms with van der Waals surface area (Å²) in [5, 5.41) is 6.70. The third kappa shape index (κ3) is 4.85. The van der Waals surface area contributed by atoms with E-state index < -0.39 is 5.60 Å². The molecule has 2 N–H and O–H groups in total. The molecule has 1 amide bonds. The van der Waals surface area contributed by atoms with E-state index >= 15 is 0 Å². The second-order valence-electron chi connectivity index (χ2n) is 7.79. The maximum atomic E-state index is 12.0. The van der Waals surface area contributed by atoms with Crippen molar-refractivity contribution < 1.29 is 14.3 Å². The largest absolute Gasteiger partial charge is 0.444 e. The first-order valence-electron chi connectivity index (χ1n) is 8.65. The quantitative estimate of drug-likeness (QED) is 0.819. The molecule has 2 fully saturated rings. The van der Waals surface area contributed by atoms with Crippen LogP contribution in [0.2, 0.25) is 0 Å². The van der Waals surface area contributed by atoms with Crippen molar-refractivity contribution >= 4 is 6.09 Å². The van der Waals surface area contributed by atoms with Crippen LogP contribution in [-0.2, 0) is 9.47 Å². The highest BCUT2D eigenvalue weighted by Gasteiger charge is 2.44. The highest BCUT2D eigenvalue weighted by molar-refractivity contribution is 5.68. The Bertz CT molecular complexity index is 381. The lowest BCUT2D eigenvalue weighted by Crippen LogP contribution is -2.67. The predicted molar refractivity (Wildman–Crippen MR) is 86.9 cm³/mol. The first-order valence-corrected chi connectivity index (χ1v) is 8.65. The molecule has 0 aromatic rings. The van der Waals surface area contributed by atoms with Crippen LogP contribution in [0.5, 0.6) is 0 Å². The molecule has 128 valence electrons. The average Bonchev–Trinajstić information content (AvgIpc) is 2.78. The second kappa shape index (κ2) is 7.18. The normalized spacial score (nSPS) is 35.0. The standard InChI is InChI=1S/C17H32N2O3/c1-6-21-14-10-13(19-16(20)22-17(3,4)5)15(14)18-12-8-7-11(2)9-12/h11-15,18H,6-10H2,1-5H3,(H,19,20). The van der Waals surface area contributed by atoms with Crippen molar-refractivity contribution in [3.63, 3.8) is 0 Å². The van der Waals surface area contributed by atoms with Crippen LogP contribution in [0.1, 0.15) is 60.3 Å². The van der Waals surface area contributed by atoms with E-state index in [0.29, 0.717) is 12.6 Å². The van der Waals surface area contributed by atoms with Gasteiger partial charge in [-0.2, -0.15) is 0 Å². The SMILES string of the molecule is CCOC1CC(NC(=O)OC(C)(C)C)C1NC1CCC(C)C1. The van der Waals surface area contributed by atoms with Crippen LogP contribution in [0.3, 0.4) is 0 Å². The van der Waals surface area contributed by atoms with Gasteiger partial charge in [-0.15, -0.1) is 0 Å². The van der Waals surface area contributed by atoms with Gasteiger partial charge in [-0.25, -0.2) is 4.79 Å². The summed E-state index contributed by atoms with van der Waals surface area (Å²) < 4.78 is 11.1. The maximum absolute atomic E-state index is 12.0. The molecule has 2 aliphatic carbocycles. The summed E-state index contributed by atoms with van der Waals surface area (Å²) in [5.74, 6) is 0.792. The summed E-state index contributed by atoms with van der Waals surface area (Å²) in [6.45, 7) is 10.7. The van der Waals surface area contributed by atoms with E-state index in [9.17, 15) is 4.79 Å². The molecular weight excluding hydrogens is 280 g/mol. The summed E-state index contributed by atoms with van der Waals surface area (Å²) in [6, 6.07) is 0.844. The number of carbonyl (C=O) groups is 1.